The lowest BCUT2D eigenvalue weighted by Crippen LogP contribution is -1.98. The Balaban J connectivity index is 3.12. The van der Waals surface area contributed by atoms with Gasteiger partial charge in [-0.3, -0.25) is 4.98 Å². The van der Waals surface area contributed by atoms with Gasteiger partial charge in [-0.25, -0.2) is 13.2 Å². The Morgan fingerprint density at radius 3 is 2.67 bits per heavy atom. The molecule has 5 heteroatoms. The van der Waals surface area contributed by atoms with Gasteiger partial charge < -0.3 is 5.73 Å². The van der Waals surface area contributed by atoms with Crippen molar-refractivity contribution in [3.8, 4) is 0 Å². The molecule has 0 saturated carbocycles. The smallest absolute Gasteiger partial charge is 0.265 e. The zero-order chi connectivity index (χ0) is 9.14. The molecule has 12 heavy (non-hydrogen) atoms. The van der Waals surface area contributed by atoms with Crippen molar-refractivity contribution < 1.29 is 13.2 Å². The van der Waals surface area contributed by atoms with Gasteiger partial charge in [-0.05, 0) is 6.07 Å². The third kappa shape index (κ3) is 1.66. The Hall–Kier alpha value is -1.26. The van der Waals surface area contributed by atoms with E-state index in [1.807, 2.05) is 0 Å². The van der Waals surface area contributed by atoms with Crippen LogP contribution in [0.5, 0.6) is 0 Å². The van der Waals surface area contributed by atoms with Gasteiger partial charge in [-0.2, -0.15) is 0 Å². The monoisotopic (exact) mass is 176 g/mol. The van der Waals surface area contributed by atoms with Gasteiger partial charge in [0.05, 0.1) is 17.6 Å². The molecule has 0 atom stereocenters. The number of nitrogens with two attached hydrogens (primary N) is 1. The molecule has 0 aromatic carbocycles. The predicted octanol–water partition coefficient (Wildman–Crippen LogP) is 2.07. The molecule has 0 fully saturated rings. The van der Waals surface area contributed by atoms with Crippen LogP contribution in [-0.4, -0.2) is 4.98 Å². The van der Waals surface area contributed by atoms with Gasteiger partial charge in [0.1, 0.15) is 6.67 Å². The summed E-state index contributed by atoms with van der Waals surface area (Å²) in [5.41, 5.74) is 4.63. The van der Waals surface area contributed by atoms with Crippen molar-refractivity contribution >= 4 is 5.69 Å². The van der Waals surface area contributed by atoms with Crippen LogP contribution in [0.2, 0.25) is 0 Å². The minimum Gasteiger partial charge on any atom is -0.397 e. The van der Waals surface area contributed by atoms with Crippen LogP contribution in [0.1, 0.15) is 17.7 Å². The molecule has 66 valence electrons. The van der Waals surface area contributed by atoms with E-state index in [9.17, 15) is 13.2 Å². The van der Waals surface area contributed by atoms with Gasteiger partial charge in [0.25, 0.3) is 6.43 Å². The molecule has 0 bridgehead atoms. The Labute approximate surface area is 67.2 Å². The zero-order valence-electron chi connectivity index (χ0n) is 6.10. The highest BCUT2D eigenvalue weighted by molar-refractivity contribution is 5.40. The minimum absolute atomic E-state index is 0.113. The van der Waals surface area contributed by atoms with E-state index in [1.165, 1.54) is 0 Å². The highest BCUT2D eigenvalue weighted by Gasteiger charge is 2.13. The van der Waals surface area contributed by atoms with E-state index in [0.29, 0.717) is 0 Å². The largest absolute Gasteiger partial charge is 0.397 e. The Morgan fingerprint density at radius 1 is 1.50 bits per heavy atom. The summed E-state index contributed by atoms with van der Waals surface area (Å²) < 4.78 is 36.3. The summed E-state index contributed by atoms with van der Waals surface area (Å²) in [7, 11) is 0. The van der Waals surface area contributed by atoms with Crippen LogP contribution in [0.4, 0.5) is 18.9 Å². The second-order valence-electron chi connectivity index (χ2n) is 2.24. The summed E-state index contributed by atoms with van der Waals surface area (Å²) in [6.07, 6.45) is -1.58. The zero-order valence-corrected chi connectivity index (χ0v) is 6.10. The fourth-order valence-electron chi connectivity index (χ4n) is 0.828. The van der Waals surface area contributed by atoms with Crippen LogP contribution in [0, 0.1) is 0 Å². The fraction of sp³-hybridized carbons (Fsp3) is 0.286. The Kier molecular flexibility index (Phi) is 2.52. The van der Waals surface area contributed by atoms with Crippen LogP contribution in [0.3, 0.4) is 0 Å². The number of halogens is 3. The van der Waals surface area contributed by atoms with Gasteiger partial charge in [-0.15, -0.1) is 0 Å². The first-order valence-corrected chi connectivity index (χ1v) is 3.23. The number of hydrogen-bond donors (Lipinski definition) is 1. The topological polar surface area (TPSA) is 38.9 Å². The summed E-state index contributed by atoms with van der Waals surface area (Å²) in [5.74, 6) is 0. The first-order chi connectivity index (χ1) is 5.65. The summed E-state index contributed by atoms with van der Waals surface area (Å²) in [6.45, 7) is -1.00. The van der Waals surface area contributed by atoms with Crippen LogP contribution in [0.25, 0.3) is 0 Å². The van der Waals surface area contributed by atoms with Gasteiger partial charge in [0.15, 0.2) is 0 Å². The number of rotatable bonds is 2. The second kappa shape index (κ2) is 3.42. The first-order valence-electron chi connectivity index (χ1n) is 3.23. The SMILES string of the molecule is Nc1cnc(CF)c(C(F)F)c1. The molecule has 0 aliphatic heterocycles. The number of pyridine rings is 1. The number of nitrogen functional groups attached to an aromatic ring is 1. The molecule has 1 aromatic rings. The van der Waals surface area contributed by atoms with Crippen LogP contribution >= 0.6 is 0 Å². The van der Waals surface area contributed by atoms with Crippen molar-refractivity contribution in [3.63, 3.8) is 0 Å². The van der Waals surface area contributed by atoms with Crippen molar-refractivity contribution in [3.05, 3.63) is 23.5 Å². The summed E-state index contributed by atoms with van der Waals surface area (Å²) in [6, 6.07) is 1.03. The molecular formula is C7H7F3N2. The molecule has 0 radical (unpaired) electrons. The van der Waals surface area contributed by atoms with E-state index in [-0.39, 0.29) is 11.4 Å². The minimum atomic E-state index is -2.73. The van der Waals surface area contributed by atoms with Crippen LogP contribution in [0.15, 0.2) is 12.3 Å². The molecule has 0 saturated heterocycles. The highest BCUT2D eigenvalue weighted by Crippen LogP contribution is 2.23. The van der Waals surface area contributed by atoms with E-state index < -0.39 is 18.7 Å². The number of aromatic nitrogens is 1. The third-order valence-corrected chi connectivity index (χ3v) is 1.39. The second-order valence-corrected chi connectivity index (χ2v) is 2.24. The maximum absolute atomic E-state index is 12.1. The normalized spacial score (nSPS) is 10.7. The highest BCUT2D eigenvalue weighted by atomic mass is 19.3. The van der Waals surface area contributed by atoms with Crippen LogP contribution < -0.4 is 5.73 Å². The molecule has 0 amide bonds. The Morgan fingerprint density at radius 2 is 2.17 bits per heavy atom. The molecule has 0 spiro atoms. The lowest BCUT2D eigenvalue weighted by atomic mass is 10.2. The lowest BCUT2D eigenvalue weighted by Gasteiger charge is -2.04. The summed E-state index contributed by atoms with van der Waals surface area (Å²) >= 11 is 0. The van der Waals surface area contributed by atoms with Crippen molar-refractivity contribution in [2.24, 2.45) is 0 Å². The summed E-state index contributed by atoms with van der Waals surface area (Å²) in [4.78, 5) is 3.44. The van der Waals surface area contributed by atoms with Gasteiger partial charge in [-0.1, -0.05) is 0 Å². The molecule has 2 N–H and O–H groups in total. The van der Waals surface area contributed by atoms with Crippen LogP contribution in [-0.2, 0) is 6.67 Å². The fourth-order valence-corrected chi connectivity index (χ4v) is 0.828. The third-order valence-electron chi connectivity index (χ3n) is 1.39. The number of anilines is 1. The number of alkyl halides is 3. The van der Waals surface area contributed by atoms with Gasteiger partial charge in [0.2, 0.25) is 0 Å². The molecule has 0 aliphatic carbocycles. The first kappa shape index (κ1) is 8.83. The Bertz CT molecular complexity index is 275. The molecule has 1 aromatic heterocycles. The van der Waals surface area contributed by atoms with E-state index in [2.05, 4.69) is 4.98 Å². The van der Waals surface area contributed by atoms with Gasteiger partial charge in [0, 0.05) is 5.56 Å². The number of hydrogen-bond acceptors (Lipinski definition) is 2. The quantitative estimate of drug-likeness (QED) is 0.749. The maximum Gasteiger partial charge on any atom is 0.265 e. The average molecular weight is 176 g/mol. The maximum atomic E-state index is 12.1. The molecule has 1 rings (SSSR count). The van der Waals surface area contributed by atoms with Crippen molar-refractivity contribution in [1.29, 1.82) is 0 Å². The van der Waals surface area contributed by atoms with E-state index in [4.69, 9.17) is 5.73 Å². The van der Waals surface area contributed by atoms with E-state index in [0.717, 1.165) is 12.3 Å². The lowest BCUT2D eigenvalue weighted by molar-refractivity contribution is 0.148. The van der Waals surface area contributed by atoms with Crippen molar-refractivity contribution in [2.45, 2.75) is 13.1 Å². The summed E-state index contributed by atoms with van der Waals surface area (Å²) in [5, 5.41) is 0. The number of nitrogens with zero attached hydrogens (tertiary/aromatic N) is 1. The standard InChI is InChI=1S/C7H7F3N2/c8-2-6-5(7(9)10)1-4(11)3-12-6/h1,3,7H,2,11H2. The predicted molar refractivity (Wildman–Crippen MR) is 38.4 cm³/mol. The van der Waals surface area contributed by atoms with E-state index in [1.54, 1.807) is 0 Å². The average Bonchev–Trinajstić information content (AvgIpc) is 2.04. The molecule has 2 nitrogen and oxygen atoms in total. The van der Waals surface area contributed by atoms with E-state index >= 15 is 0 Å². The molecular weight excluding hydrogens is 169 g/mol. The van der Waals surface area contributed by atoms with Crippen molar-refractivity contribution in [1.82, 2.24) is 4.98 Å². The van der Waals surface area contributed by atoms with Crippen molar-refractivity contribution in [2.75, 3.05) is 5.73 Å². The molecule has 0 unspecified atom stereocenters. The van der Waals surface area contributed by atoms with Gasteiger partial charge >= 0.3 is 0 Å². The molecule has 1 heterocycles. The molecule has 0 aliphatic rings.